The first-order valence-corrected chi connectivity index (χ1v) is 4.82. The number of hydrogen-bond donors (Lipinski definition) is 3. The number of aromatic nitrogens is 1. The number of nitrogens with two attached hydrogens (primary N) is 2. The molecular formula is C12H11N3. The van der Waals surface area contributed by atoms with Crippen molar-refractivity contribution in [2.75, 3.05) is 11.5 Å². The topological polar surface area (TPSA) is 67.8 Å². The van der Waals surface area contributed by atoms with Gasteiger partial charge in [-0.05, 0) is 18.2 Å². The van der Waals surface area contributed by atoms with Crippen LogP contribution in [0.15, 0.2) is 36.4 Å². The van der Waals surface area contributed by atoms with Crippen molar-refractivity contribution in [2.24, 2.45) is 0 Å². The summed E-state index contributed by atoms with van der Waals surface area (Å²) < 4.78 is 0. The van der Waals surface area contributed by atoms with E-state index in [9.17, 15) is 0 Å². The molecule has 0 bridgehead atoms. The molecule has 74 valence electrons. The van der Waals surface area contributed by atoms with Gasteiger partial charge in [-0.3, -0.25) is 0 Å². The third kappa shape index (κ3) is 1.00. The molecule has 1 aromatic heterocycles. The molecule has 0 aliphatic carbocycles. The van der Waals surface area contributed by atoms with Gasteiger partial charge in [0, 0.05) is 21.8 Å². The lowest BCUT2D eigenvalue weighted by Crippen LogP contribution is -1.94. The van der Waals surface area contributed by atoms with Gasteiger partial charge in [0.2, 0.25) is 0 Å². The van der Waals surface area contributed by atoms with Crippen molar-refractivity contribution in [1.29, 1.82) is 0 Å². The number of benzene rings is 2. The molecule has 3 aromatic rings. The molecule has 3 heteroatoms. The van der Waals surface area contributed by atoms with Crippen LogP contribution in [0.4, 0.5) is 11.4 Å². The summed E-state index contributed by atoms with van der Waals surface area (Å²) in [6, 6.07) is 11.9. The van der Waals surface area contributed by atoms with Gasteiger partial charge in [0.1, 0.15) is 0 Å². The molecule has 0 spiro atoms. The molecule has 0 saturated carbocycles. The van der Waals surface area contributed by atoms with Crippen LogP contribution in [0.1, 0.15) is 0 Å². The van der Waals surface area contributed by atoms with E-state index in [-0.39, 0.29) is 0 Å². The average Bonchev–Trinajstić information content (AvgIpc) is 2.62. The Morgan fingerprint density at radius 3 is 2.53 bits per heavy atom. The fourth-order valence-corrected chi connectivity index (χ4v) is 1.99. The summed E-state index contributed by atoms with van der Waals surface area (Å²) in [4.78, 5) is 3.31. The quantitative estimate of drug-likeness (QED) is 0.484. The standard InChI is InChI=1S/C12H11N3/c13-8-5-6-10-11(12(8)14)7-3-1-2-4-9(7)15-10/h1-6,15H,13-14H2. The molecule has 2 aromatic carbocycles. The number of rotatable bonds is 0. The normalized spacial score (nSPS) is 11.2. The van der Waals surface area contributed by atoms with Crippen molar-refractivity contribution in [3.8, 4) is 0 Å². The van der Waals surface area contributed by atoms with Crippen LogP contribution in [0.2, 0.25) is 0 Å². The number of nitrogens with one attached hydrogen (secondary N) is 1. The predicted octanol–water partition coefficient (Wildman–Crippen LogP) is 2.49. The van der Waals surface area contributed by atoms with Crippen LogP contribution in [0.5, 0.6) is 0 Å². The fourth-order valence-electron chi connectivity index (χ4n) is 1.99. The Morgan fingerprint density at radius 2 is 1.67 bits per heavy atom. The molecule has 0 radical (unpaired) electrons. The third-order valence-corrected chi connectivity index (χ3v) is 2.74. The van der Waals surface area contributed by atoms with Gasteiger partial charge in [0.05, 0.1) is 11.4 Å². The Balaban J connectivity index is 2.63. The highest BCUT2D eigenvalue weighted by Gasteiger charge is 2.07. The number of aromatic amines is 1. The van der Waals surface area contributed by atoms with Gasteiger partial charge in [-0.2, -0.15) is 0 Å². The maximum atomic E-state index is 5.98. The maximum absolute atomic E-state index is 5.98. The summed E-state index contributed by atoms with van der Waals surface area (Å²) in [5.74, 6) is 0. The lowest BCUT2D eigenvalue weighted by Gasteiger charge is -2.00. The van der Waals surface area contributed by atoms with Crippen molar-refractivity contribution < 1.29 is 0 Å². The van der Waals surface area contributed by atoms with Gasteiger partial charge >= 0.3 is 0 Å². The first kappa shape index (κ1) is 8.17. The maximum Gasteiger partial charge on any atom is 0.0649 e. The molecule has 0 aliphatic heterocycles. The van der Waals surface area contributed by atoms with Crippen LogP contribution < -0.4 is 11.5 Å². The Bertz CT molecular complexity index is 652. The number of anilines is 2. The Labute approximate surface area is 86.7 Å². The molecule has 0 saturated heterocycles. The fraction of sp³-hybridized carbons (Fsp3) is 0. The van der Waals surface area contributed by atoms with Crippen molar-refractivity contribution in [1.82, 2.24) is 4.98 Å². The van der Waals surface area contributed by atoms with Crippen molar-refractivity contribution in [2.45, 2.75) is 0 Å². The Hall–Kier alpha value is -2.16. The Morgan fingerprint density at radius 1 is 0.867 bits per heavy atom. The Kier molecular flexibility index (Phi) is 1.45. The van der Waals surface area contributed by atoms with Crippen LogP contribution in [0.25, 0.3) is 21.8 Å². The SMILES string of the molecule is Nc1ccc2[nH]c3ccccc3c2c1N. The number of H-pyrrole nitrogens is 1. The van der Waals surface area contributed by atoms with E-state index < -0.39 is 0 Å². The lowest BCUT2D eigenvalue weighted by atomic mass is 10.1. The van der Waals surface area contributed by atoms with Crippen LogP contribution in [0, 0.1) is 0 Å². The zero-order valence-corrected chi connectivity index (χ0v) is 8.12. The summed E-state index contributed by atoms with van der Waals surface area (Å²) >= 11 is 0. The number of nitrogen functional groups attached to an aromatic ring is 2. The van der Waals surface area contributed by atoms with E-state index in [4.69, 9.17) is 11.5 Å². The molecule has 0 amide bonds. The molecule has 15 heavy (non-hydrogen) atoms. The summed E-state index contributed by atoms with van der Waals surface area (Å²) in [6.07, 6.45) is 0. The molecule has 0 aliphatic rings. The molecule has 5 N–H and O–H groups in total. The monoisotopic (exact) mass is 197 g/mol. The first-order valence-electron chi connectivity index (χ1n) is 4.82. The minimum absolute atomic E-state index is 0.632. The highest BCUT2D eigenvalue weighted by molar-refractivity contribution is 6.15. The molecule has 0 fully saturated rings. The number of hydrogen-bond acceptors (Lipinski definition) is 2. The van der Waals surface area contributed by atoms with Crippen LogP contribution in [-0.4, -0.2) is 4.98 Å². The van der Waals surface area contributed by atoms with E-state index in [1.807, 2.05) is 36.4 Å². The van der Waals surface area contributed by atoms with Crippen molar-refractivity contribution in [3.05, 3.63) is 36.4 Å². The largest absolute Gasteiger partial charge is 0.397 e. The van der Waals surface area contributed by atoms with Crippen molar-refractivity contribution in [3.63, 3.8) is 0 Å². The summed E-state index contributed by atoms with van der Waals surface area (Å²) in [5, 5.41) is 2.14. The van der Waals surface area contributed by atoms with E-state index in [0.29, 0.717) is 11.4 Å². The molecule has 1 heterocycles. The minimum atomic E-state index is 0.632. The highest BCUT2D eigenvalue weighted by atomic mass is 14.7. The van der Waals surface area contributed by atoms with Gasteiger partial charge in [-0.1, -0.05) is 18.2 Å². The summed E-state index contributed by atoms with van der Waals surface area (Å²) in [6.45, 7) is 0. The smallest absolute Gasteiger partial charge is 0.0649 e. The molecule has 0 atom stereocenters. The van der Waals surface area contributed by atoms with Gasteiger partial charge in [0.15, 0.2) is 0 Å². The zero-order valence-electron chi connectivity index (χ0n) is 8.12. The lowest BCUT2D eigenvalue weighted by molar-refractivity contribution is 1.55. The van der Waals surface area contributed by atoms with Crippen molar-refractivity contribution >= 4 is 33.2 Å². The molecular weight excluding hydrogens is 186 g/mol. The second kappa shape index (κ2) is 2.67. The molecule has 3 nitrogen and oxygen atoms in total. The first-order chi connectivity index (χ1) is 7.27. The second-order valence-electron chi connectivity index (χ2n) is 3.66. The highest BCUT2D eigenvalue weighted by Crippen LogP contribution is 2.32. The molecule has 0 unspecified atom stereocenters. The number of fused-ring (bicyclic) bond motifs is 3. The van der Waals surface area contributed by atoms with E-state index >= 15 is 0 Å². The van der Waals surface area contributed by atoms with Gasteiger partial charge in [-0.25, -0.2) is 0 Å². The van der Waals surface area contributed by atoms with E-state index in [0.717, 1.165) is 21.8 Å². The minimum Gasteiger partial charge on any atom is -0.397 e. The van der Waals surface area contributed by atoms with Gasteiger partial charge in [0.25, 0.3) is 0 Å². The third-order valence-electron chi connectivity index (χ3n) is 2.74. The second-order valence-corrected chi connectivity index (χ2v) is 3.66. The predicted molar refractivity (Wildman–Crippen MR) is 64.6 cm³/mol. The van der Waals surface area contributed by atoms with Crippen LogP contribution >= 0.6 is 0 Å². The summed E-state index contributed by atoms with van der Waals surface area (Å²) in [5.41, 5.74) is 15.2. The molecule has 3 rings (SSSR count). The van der Waals surface area contributed by atoms with Gasteiger partial charge in [-0.15, -0.1) is 0 Å². The van der Waals surface area contributed by atoms with E-state index in [1.54, 1.807) is 0 Å². The summed E-state index contributed by atoms with van der Waals surface area (Å²) in [7, 11) is 0. The zero-order chi connectivity index (χ0) is 10.4. The van der Waals surface area contributed by atoms with E-state index in [2.05, 4.69) is 4.98 Å². The van der Waals surface area contributed by atoms with Crippen LogP contribution in [0.3, 0.4) is 0 Å². The van der Waals surface area contributed by atoms with Crippen LogP contribution in [-0.2, 0) is 0 Å². The average molecular weight is 197 g/mol. The van der Waals surface area contributed by atoms with E-state index in [1.165, 1.54) is 0 Å². The van der Waals surface area contributed by atoms with Gasteiger partial charge < -0.3 is 16.5 Å². The number of para-hydroxylation sites is 1.